The summed E-state index contributed by atoms with van der Waals surface area (Å²) in [5, 5.41) is 19.1. The SMILES string of the molecule is CC(C)(C)[Si](C)(C)[C@]1(n2cnc3c(=O)[nH]c(N)nc32)C[C@H](O)[C@@H](CO)O1. The summed E-state index contributed by atoms with van der Waals surface area (Å²) < 4.78 is 8.07. The number of nitrogens with one attached hydrogen (secondary N) is 1. The fourth-order valence-electron chi connectivity index (χ4n) is 3.59. The van der Waals surface area contributed by atoms with Gasteiger partial charge in [0.2, 0.25) is 5.95 Å². The lowest BCUT2D eigenvalue weighted by Gasteiger charge is -2.50. The van der Waals surface area contributed by atoms with Crippen LogP contribution in [0.5, 0.6) is 0 Å². The molecule has 0 bridgehead atoms. The van der Waals surface area contributed by atoms with Crippen molar-refractivity contribution in [2.24, 2.45) is 0 Å². The Balaban J connectivity index is 2.32. The topological polar surface area (TPSA) is 139 Å². The molecule has 1 saturated heterocycles. The zero-order valence-electron chi connectivity index (χ0n) is 15.8. The molecule has 26 heavy (non-hydrogen) atoms. The molecule has 3 heterocycles. The average molecular weight is 382 g/mol. The molecule has 1 aliphatic heterocycles. The third-order valence-electron chi connectivity index (χ3n) is 6.11. The second-order valence-electron chi connectivity index (χ2n) is 8.51. The van der Waals surface area contributed by atoms with Gasteiger partial charge in [0, 0.05) is 6.42 Å². The molecule has 10 heteroatoms. The lowest BCUT2D eigenvalue weighted by molar-refractivity contribution is -0.0741. The number of hydrogen-bond donors (Lipinski definition) is 4. The van der Waals surface area contributed by atoms with Crippen LogP contribution in [0.1, 0.15) is 27.2 Å². The highest BCUT2D eigenvalue weighted by atomic mass is 28.3. The summed E-state index contributed by atoms with van der Waals surface area (Å²) in [5.41, 5.74) is 5.81. The van der Waals surface area contributed by atoms with Crippen LogP contribution in [0.2, 0.25) is 18.1 Å². The van der Waals surface area contributed by atoms with Crippen LogP contribution in [0.3, 0.4) is 0 Å². The normalized spacial score (nSPS) is 27.3. The molecule has 5 N–H and O–H groups in total. The van der Waals surface area contributed by atoms with Crippen LogP contribution in [0.4, 0.5) is 5.95 Å². The largest absolute Gasteiger partial charge is 0.394 e. The van der Waals surface area contributed by atoms with Gasteiger partial charge in [-0.3, -0.25) is 14.3 Å². The maximum atomic E-state index is 12.2. The number of aliphatic hydroxyl groups excluding tert-OH is 2. The first kappa shape index (κ1) is 19.0. The number of aromatic amines is 1. The van der Waals surface area contributed by atoms with Crippen molar-refractivity contribution < 1.29 is 14.9 Å². The Labute approximate surface area is 152 Å². The average Bonchev–Trinajstić information content (AvgIpc) is 3.08. The number of fused-ring (bicyclic) bond motifs is 1. The Morgan fingerprint density at radius 1 is 1.50 bits per heavy atom. The first-order valence-electron chi connectivity index (χ1n) is 8.64. The second kappa shape index (κ2) is 5.88. The summed E-state index contributed by atoms with van der Waals surface area (Å²) in [6.07, 6.45) is 0.278. The summed E-state index contributed by atoms with van der Waals surface area (Å²) in [6.45, 7) is 10.5. The monoisotopic (exact) mass is 381 g/mol. The van der Waals surface area contributed by atoms with Gasteiger partial charge in [-0.05, 0) is 5.04 Å². The van der Waals surface area contributed by atoms with Crippen LogP contribution >= 0.6 is 0 Å². The second-order valence-corrected chi connectivity index (χ2v) is 14.0. The summed E-state index contributed by atoms with van der Waals surface area (Å²) >= 11 is 0. The minimum atomic E-state index is -2.34. The molecule has 0 radical (unpaired) electrons. The number of ether oxygens (including phenoxy) is 1. The van der Waals surface area contributed by atoms with Gasteiger partial charge in [0.25, 0.3) is 5.56 Å². The Hall–Kier alpha value is -1.75. The fourth-order valence-corrected chi connectivity index (χ4v) is 6.69. The molecule has 0 aromatic carbocycles. The Morgan fingerprint density at radius 2 is 2.15 bits per heavy atom. The first-order chi connectivity index (χ1) is 11.9. The van der Waals surface area contributed by atoms with Crippen molar-refractivity contribution in [2.75, 3.05) is 12.3 Å². The number of anilines is 1. The van der Waals surface area contributed by atoms with Crippen molar-refractivity contribution in [1.29, 1.82) is 0 Å². The van der Waals surface area contributed by atoms with Gasteiger partial charge in [0.05, 0.1) is 19.0 Å². The molecule has 1 fully saturated rings. The van der Waals surface area contributed by atoms with Crippen molar-refractivity contribution >= 4 is 25.2 Å². The third kappa shape index (κ3) is 2.51. The van der Waals surface area contributed by atoms with E-state index < -0.39 is 31.2 Å². The van der Waals surface area contributed by atoms with Crippen LogP contribution in [0.15, 0.2) is 11.1 Å². The fraction of sp³-hybridized carbons (Fsp3) is 0.688. The molecule has 1 aliphatic rings. The van der Waals surface area contributed by atoms with Gasteiger partial charge in [-0.2, -0.15) is 4.98 Å². The number of rotatable bonds is 3. The number of imidazole rings is 1. The van der Waals surface area contributed by atoms with Gasteiger partial charge in [0.15, 0.2) is 11.2 Å². The number of hydrogen-bond acceptors (Lipinski definition) is 7. The molecular formula is C16H27N5O4Si. The molecular weight excluding hydrogens is 354 g/mol. The molecule has 0 saturated carbocycles. The summed E-state index contributed by atoms with van der Waals surface area (Å²) in [7, 11) is -2.34. The minimum Gasteiger partial charge on any atom is -0.394 e. The maximum absolute atomic E-state index is 12.2. The highest BCUT2D eigenvalue weighted by Gasteiger charge is 2.61. The zero-order chi connectivity index (χ0) is 19.5. The number of nitrogens with zero attached hydrogens (tertiary/aromatic N) is 3. The molecule has 0 spiro atoms. The number of H-pyrrole nitrogens is 1. The highest BCUT2D eigenvalue weighted by molar-refractivity contribution is 6.82. The lowest BCUT2D eigenvalue weighted by atomic mass is 10.2. The van der Waals surface area contributed by atoms with E-state index in [2.05, 4.69) is 48.8 Å². The van der Waals surface area contributed by atoms with E-state index >= 15 is 0 Å². The quantitative estimate of drug-likeness (QED) is 0.569. The highest BCUT2D eigenvalue weighted by Crippen LogP contribution is 2.52. The van der Waals surface area contributed by atoms with Gasteiger partial charge < -0.3 is 20.7 Å². The number of aromatic nitrogens is 4. The van der Waals surface area contributed by atoms with Gasteiger partial charge in [-0.25, -0.2) is 4.98 Å². The summed E-state index contributed by atoms with van der Waals surface area (Å²) in [5.74, 6) is -0.00751. The van der Waals surface area contributed by atoms with E-state index in [1.165, 1.54) is 6.33 Å². The molecule has 2 aromatic heterocycles. The molecule has 3 atom stereocenters. The Kier molecular flexibility index (Phi) is 4.30. The molecule has 0 aliphatic carbocycles. The Morgan fingerprint density at radius 3 is 2.69 bits per heavy atom. The van der Waals surface area contributed by atoms with Gasteiger partial charge in [-0.1, -0.05) is 33.9 Å². The molecule has 144 valence electrons. The summed E-state index contributed by atoms with van der Waals surface area (Å²) in [4.78, 5) is 23.1. The van der Waals surface area contributed by atoms with E-state index in [0.717, 1.165) is 0 Å². The van der Waals surface area contributed by atoms with E-state index in [1.54, 1.807) is 4.57 Å². The van der Waals surface area contributed by atoms with Crippen molar-refractivity contribution in [3.05, 3.63) is 16.7 Å². The predicted molar refractivity (Wildman–Crippen MR) is 100 cm³/mol. The number of aliphatic hydroxyl groups is 2. The molecule has 3 rings (SSSR count). The van der Waals surface area contributed by atoms with Crippen LogP contribution in [-0.4, -0.2) is 56.6 Å². The Bertz CT molecular complexity index is 887. The van der Waals surface area contributed by atoms with E-state index in [4.69, 9.17) is 10.5 Å². The van der Waals surface area contributed by atoms with Crippen molar-refractivity contribution in [3.8, 4) is 0 Å². The first-order valence-corrected chi connectivity index (χ1v) is 11.6. The van der Waals surface area contributed by atoms with Gasteiger partial charge >= 0.3 is 0 Å². The number of nitrogens with two attached hydrogens (primary N) is 1. The summed E-state index contributed by atoms with van der Waals surface area (Å²) in [6, 6.07) is 0. The third-order valence-corrected chi connectivity index (χ3v) is 12.4. The van der Waals surface area contributed by atoms with Crippen molar-refractivity contribution in [1.82, 2.24) is 19.5 Å². The molecule has 0 amide bonds. The van der Waals surface area contributed by atoms with Gasteiger partial charge in [-0.15, -0.1) is 0 Å². The van der Waals surface area contributed by atoms with E-state index in [0.29, 0.717) is 5.65 Å². The van der Waals surface area contributed by atoms with E-state index in [-0.39, 0.29) is 29.5 Å². The minimum absolute atomic E-state index is 0.00751. The molecule has 9 nitrogen and oxygen atoms in total. The van der Waals surface area contributed by atoms with Crippen LogP contribution in [-0.2, 0) is 10.1 Å². The predicted octanol–water partition coefficient (Wildman–Crippen LogP) is 0.544. The zero-order valence-corrected chi connectivity index (χ0v) is 16.8. The van der Waals surface area contributed by atoms with E-state index in [9.17, 15) is 15.0 Å². The standard InChI is InChI=1S/C16H27N5O4Si/c1-15(2,3)26(4,5)16(6-9(23)10(7-22)25-16)21-8-18-11-12(21)19-14(17)20-13(11)24/h8-10,22-23H,6-7H2,1-5H3,(H3,17,19,20,24)/t9-,10+,16-/m0/s1. The maximum Gasteiger partial charge on any atom is 0.280 e. The lowest BCUT2D eigenvalue weighted by Crippen LogP contribution is -2.61. The van der Waals surface area contributed by atoms with Crippen LogP contribution in [0.25, 0.3) is 11.2 Å². The number of nitrogen functional groups attached to an aromatic ring is 1. The van der Waals surface area contributed by atoms with Crippen LogP contribution in [0, 0.1) is 0 Å². The molecule has 0 unspecified atom stereocenters. The van der Waals surface area contributed by atoms with E-state index in [1.807, 2.05) is 0 Å². The van der Waals surface area contributed by atoms with Crippen LogP contribution < -0.4 is 11.3 Å². The molecule has 2 aromatic rings. The van der Waals surface area contributed by atoms with Crippen molar-refractivity contribution in [2.45, 2.75) is 62.9 Å². The van der Waals surface area contributed by atoms with Crippen molar-refractivity contribution in [3.63, 3.8) is 0 Å². The smallest absolute Gasteiger partial charge is 0.280 e. The van der Waals surface area contributed by atoms with Gasteiger partial charge in [0.1, 0.15) is 19.5 Å².